The van der Waals surface area contributed by atoms with E-state index in [4.69, 9.17) is 10.5 Å². The number of carbonyl (C=O) groups is 1. The van der Waals surface area contributed by atoms with E-state index in [-0.39, 0.29) is 17.2 Å². The number of ether oxygens (including phenoxy) is 1. The van der Waals surface area contributed by atoms with Gasteiger partial charge in [-0.1, -0.05) is 11.6 Å². The van der Waals surface area contributed by atoms with Gasteiger partial charge in [0.2, 0.25) is 0 Å². The molecule has 0 unspecified atom stereocenters. The molecule has 5 heteroatoms. The Kier molecular flexibility index (Phi) is 5.45. The van der Waals surface area contributed by atoms with Crippen molar-refractivity contribution in [3.8, 4) is 5.75 Å². The SMILES string of the molecule is Cc1ccc(O)c(C(=O)NCCOCCN)c1. The number of rotatable bonds is 6. The highest BCUT2D eigenvalue weighted by molar-refractivity contribution is 5.96. The topological polar surface area (TPSA) is 84.6 Å². The monoisotopic (exact) mass is 238 g/mol. The number of aryl methyl sites for hydroxylation is 1. The number of phenolic OH excluding ortho intramolecular Hbond substituents is 1. The van der Waals surface area contributed by atoms with Crippen molar-refractivity contribution in [1.82, 2.24) is 5.32 Å². The first-order chi connectivity index (χ1) is 8.15. The van der Waals surface area contributed by atoms with Crippen LogP contribution in [0.4, 0.5) is 0 Å². The summed E-state index contributed by atoms with van der Waals surface area (Å²) in [5.74, 6) is -0.321. The fraction of sp³-hybridized carbons (Fsp3) is 0.417. The first-order valence-electron chi connectivity index (χ1n) is 5.50. The van der Waals surface area contributed by atoms with E-state index in [1.807, 2.05) is 6.92 Å². The Morgan fingerprint density at radius 3 is 2.94 bits per heavy atom. The van der Waals surface area contributed by atoms with Gasteiger partial charge in [0.05, 0.1) is 18.8 Å². The summed E-state index contributed by atoms with van der Waals surface area (Å²) in [5.41, 5.74) is 6.46. The van der Waals surface area contributed by atoms with Crippen LogP contribution in [0.15, 0.2) is 18.2 Å². The molecule has 0 aliphatic rings. The van der Waals surface area contributed by atoms with E-state index < -0.39 is 0 Å². The molecule has 0 atom stereocenters. The zero-order valence-electron chi connectivity index (χ0n) is 9.90. The summed E-state index contributed by atoms with van der Waals surface area (Å²) < 4.78 is 5.12. The molecule has 0 heterocycles. The summed E-state index contributed by atoms with van der Waals surface area (Å²) in [4.78, 5) is 11.7. The molecule has 1 aromatic carbocycles. The molecule has 0 aliphatic carbocycles. The van der Waals surface area contributed by atoms with Gasteiger partial charge < -0.3 is 20.9 Å². The lowest BCUT2D eigenvalue weighted by molar-refractivity contribution is 0.0917. The van der Waals surface area contributed by atoms with Gasteiger partial charge in [0, 0.05) is 13.1 Å². The Morgan fingerprint density at radius 1 is 1.47 bits per heavy atom. The minimum Gasteiger partial charge on any atom is -0.507 e. The molecular weight excluding hydrogens is 220 g/mol. The van der Waals surface area contributed by atoms with Crippen molar-refractivity contribution in [2.24, 2.45) is 5.73 Å². The Labute approximate surface area is 101 Å². The maximum absolute atomic E-state index is 11.7. The van der Waals surface area contributed by atoms with Gasteiger partial charge >= 0.3 is 0 Å². The molecule has 0 bridgehead atoms. The maximum Gasteiger partial charge on any atom is 0.255 e. The summed E-state index contributed by atoms with van der Waals surface area (Å²) >= 11 is 0. The molecule has 0 aromatic heterocycles. The third kappa shape index (κ3) is 4.42. The third-order valence-electron chi connectivity index (χ3n) is 2.19. The van der Waals surface area contributed by atoms with E-state index in [9.17, 15) is 9.90 Å². The van der Waals surface area contributed by atoms with Crippen molar-refractivity contribution in [2.75, 3.05) is 26.3 Å². The van der Waals surface area contributed by atoms with Crippen LogP contribution in [0, 0.1) is 6.92 Å². The normalized spacial score (nSPS) is 10.2. The minimum atomic E-state index is -0.303. The lowest BCUT2D eigenvalue weighted by Gasteiger charge is -2.07. The van der Waals surface area contributed by atoms with Gasteiger partial charge in [0.1, 0.15) is 5.75 Å². The number of benzene rings is 1. The Hall–Kier alpha value is -1.59. The summed E-state index contributed by atoms with van der Waals surface area (Å²) in [6.45, 7) is 3.61. The number of phenols is 1. The van der Waals surface area contributed by atoms with Gasteiger partial charge in [-0.05, 0) is 19.1 Å². The van der Waals surface area contributed by atoms with Crippen molar-refractivity contribution in [1.29, 1.82) is 0 Å². The van der Waals surface area contributed by atoms with Crippen LogP contribution in [0.2, 0.25) is 0 Å². The average Bonchev–Trinajstić information content (AvgIpc) is 2.32. The number of hydrogen-bond donors (Lipinski definition) is 3. The van der Waals surface area contributed by atoms with Crippen LogP contribution in [0.3, 0.4) is 0 Å². The molecule has 0 aliphatic heterocycles. The smallest absolute Gasteiger partial charge is 0.255 e. The predicted octanol–water partition coefficient (Wildman–Crippen LogP) is 0.406. The van der Waals surface area contributed by atoms with Gasteiger partial charge in [-0.15, -0.1) is 0 Å². The highest BCUT2D eigenvalue weighted by Gasteiger charge is 2.10. The quantitative estimate of drug-likeness (QED) is 0.626. The fourth-order valence-electron chi connectivity index (χ4n) is 1.35. The summed E-state index contributed by atoms with van der Waals surface area (Å²) in [6, 6.07) is 4.90. The summed E-state index contributed by atoms with van der Waals surface area (Å²) in [5, 5.41) is 12.2. The molecule has 0 fully saturated rings. The number of hydrogen-bond acceptors (Lipinski definition) is 4. The van der Waals surface area contributed by atoms with Crippen LogP contribution in [0.5, 0.6) is 5.75 Å². The molecule has 1 aromatic rings. The second-order valence-electron chi connectivity index (χ2n) is 3.68. The zero-order chi connectivity index (χ0) is 12.7. The second-order valence-corrected chi connectivity index (χ2v) is 3.68. The third-order valence-corrected chi connectivity index (χ3v) is 2.19. The molecule has 17 heavy (non-hydrogen) atoms. The maximum atomic E-state index is 11.7. The van der Waals surface area contributed by atoms with Crippen molar-refractivity contribution in [3.63, 3.8) is 0 Å². The van der Waals surface area contributed by atoms with E-state index >= 15 is 0 Å². The van der Waals surface area contributed by atoms with Crippen molar-refractivity contribution in [3.05, 3.63) is 29.3 Å². The van der Waals surface area contributed by atoms with E-state index in [0.29, 0.717) is 26.3 Å². The molecule has 1 amide bonds. The zero-order valence-corrected chi connectivity index (χ0v) is 9.90. The molecule has 0 saturated carbocycles. The van der Waals surface area contributed by atoms with Gasteiger partial charge in [-0.2, -0.15) is 0 Å². The first kappa shape index (κ1) is 13.5. The van der Waals surface area contributed by atoms with Gasteiger partial charge in [0.25, 0.3) is 5.91 Å². The van der Waals surface area contributed by atoms with Crippen molar-refractivity contribution >= 4 is 5.91 Å². The van der Waals surface area contributed by atoms with Gasteiger partial charge in [-0.25, -0.2) is 0 Å². The Bertz CT molecular complexity index is 380. The van der Waals surface area contributed by atoms with Gasteiger partial charge in [-0.3, -0.25) is 4.79 Å². The van der Waals surface area contributed by atoms with Crippen LogP contribution in [0.25, 0.3) is 0 Å². The molecule has 1 rings (SSSR count). The molecule has 5 nitrogen and oxygen atoms in total. The largest absolute Gasteiger partial charge is 0.507 e. The van der Waals surface area contributed by atoms with E-state index in [1.165, 1.54) is 6.07 Å². The number of amides is 1. The number of carbonyl (C=O) groups excluding carboxylic acids is 1. The lowest BCUT2D eigenvalue weighted by Crippen LogP contribution is -2.28. The standard InChI is InChI=1S/C12H18N2O3/c1-9-2-3-11(15)10(8-9)12(16)14-5-7-17-6-4-13/h2-3,8,15H,4-7,13H2,1H3,(H,14,16). The summed E-state index contributed by atoms with van der Waals surface area (Å²) in [7, 11) is 0. The molecule has 0 spiro atoms. The molecule has 4 N–H and O–H groups in total. The van der Waals surface area contributed by atoms with Crippen LogP contribution in [0.1, 0.15) is 15.9 Å². The number of nitrogens with one attached hydrogen (secondary N) is 1. The van der Waals surface area contributed by atoms with Crippen LogP contribution < -0.4 is 11.1 Å². The second kappa shape index (κ2) is 6.88. The molecule has 0 radical (unpaired) electrons. The first-order valence-corrected chi connectivity index (χ1v) is 5.50. The van der Waals surface area contributed by atoms with E-state index in [1.54, 1.807) is 12.1 Å². The fourth-order valence-corrected chi connectivity index (χ4v) is 1.35. The van der Waals surface area contributed by atoms with Crippen LogP contribution >= 0.6 is 0 Å². The van der Waals surface area contributed by atoms with Crippen molar-refractivity contribution < 1.29 is 14.6 Å². The van der Waals surface area contributed by atoms with E-state index in [0.717, 1.165) is 5.56 Å². The van der Waals surface area contributed by atoms with Crippen LogP contribution in [-0.4, -0.2) is 37.3 Å². The lowest BCUT2D eigenvalue weighted by atomic mass is 10.1. The van der Waals surface area contributed by atoms with Crippen molar-refractivity contribution in [2.45, 2.75) is 6.92 Å². The number of aromatic hydroxyl groups is 1. The predicted molar refractivity (Wildman–Crippen MR) is 65.1 cm³/mol. The molecular formula is C12H18N2O3. The van der Waals surface area contributed by atoms with Gasteiger partial charge in [0.15, 0.2) is 0 Å². The molecule has 94 valence electrons. The van der Waals surface area contributed by atoms with Crippen LogP contribution in [-0.2, 0) is 4.74 Å². The summed E-state index contributed by atoms with van der Waals surface area (Å²) in [6.07, 6.45) is 0. The highest BCUT2D eigenvalue weighted by atomic mass is 16.5. The number of nitrogens with two attached hydrogens (primary N) is 1. The Morgan fingerprint density at radius 2 is 2.24 bits per heavy atom. The molecule has 0 saturated heterocycles. The average molecular weight is 238 g/mol. The Balaban J connectivity index is 2.44. The highest BCUT2D eigenvalue weighted by Crippen LogP contribution is 2.17. The van der Waals surface area contributed by atoms with E-state index in [2.05, 4.69) is 5.32 Å². The minimum absolute atomic E-state index is 0.0176.